The van der Waals surface area contributed by atoms with E-state index in [0.29, 0.717) is 16.8 Å². The first-order valence-corrected chi connectivity index (χ1v) is 6.08. The zero-order valence-electron chi connectivity index (χ0n) is 10.8. The summed E-state index contributed by atoms with van der Waals surface area (Å²) < 4.78 is 44.7. The topological polar surface area (TPSA) is 34.0 Å². The maximum Gasteiger partial charge on any atom is 0.416 e. The molecule has 0 fully saturated rings. The van der Waals surface area contributed by atoms with E-state index in [4.69, 9.17) is 4.74 Å². The van der Waals surface area contributed by atoms with Crippen molar-refractivity contribution in [3.8, 4) is 5.75 Å². The number of allylic oxidation sites excluding steroid dienone is 2. The van der Waals surface area contributed by atoms with Gasteiger partial charge in [0.05, 0.1) is 22.7 Å². The monoisotopic (exact) mass is 280 g/mol. The molecule has 2 aliphatic rings. The van der Waals surface area contributed by atoms with Crippen LogP contribution in [0.2, 0.25) is 0 Å². The Labute approximate surface area is 112 Å². The molecule has 0 saturated heterocycles. The van der Waals surface area contributed by atoms with Crippen molar-refractivity contribution in [2.75, 3.05) is 0 Å². The third-order valence-electron chi connectivity index (χ3n) is 3.08. The van der Waals surface area contributed by atoms with Gasteiger partial charge < -0.3 is 4.74 Å². The Kier molecular flexibility index (Phi) is 2.70. The van der Waals surface area contributed by atoms with Crippen LogP contribution in [0.1, 0.15) is 19.4 Å². The van der Waals surface area contributed by atoms with Crippen LogP contribution in [0.3, 0.4) is 0 Å². The predicted octanol–water partition coefficient (Wildman–Crippen LogP) is 2.53. The fraction of sp³-hybridized carbons (Fsp3) is 0.286. The van der Waals surface area contributed by atoms with Gasteiger partial charge in [-0.25, -0.2) is 4.99 Å². The maximum absolute atomic E-state index is 13.1. The Hall–Kier alpha value is -2.11. The zero-order chi connectivity index (χ0) is 14.5. The number of benzene rings is 1. The minimum Gasteiger partial charge on any atom is -0.461 e. The lowest BCUT2D eigenvalue weighted by Gasteiger charge is -2.19. The van der Waals surface area contributed by atoms with Gasteiger partial charge >= 0.3 is 6.18 Å². The summed E-state index contributed by atoms with van der Waals surface area (Å²) in [6.07, 6.45) is -1.82. The van der Waals surface area contributed by atoms with Crippen molar-refractivity contribution < 1.29 is 17.9 Å². The summed E-state index contributed by atoms with van der Waals surface area (Å²) in [4.78, 5) is 8.41. The van der Waals surface area contributed by atoms with E-state index >= 15 is 0 Å². The average Bonchev–Trinajstić information content (AvgIpc) is 2.34. The van der Waals surface area contributed by atoms with Crippen molar-refractivity contribution in [3.63, 3.8) is 0 Å². The third-order valence-corrected chi connectivity index (χ3v) is 3.08. The fourth-order valence-corrected chi connectivity index (χ4v) is 2.26. The van der Waals surface area contributed by atoms with E-state index in [9.17, 15) is 13.2 Å². The Morgan fingerprint density at radius 1 is 1.20 bits per heavy atom. The number of halogens is 3. The summed E-state index contributed by atoms with van der Waals surface area (Å²) in [7, 11) is 0. The van der Waals surface area contributed by atoms with Gasteiger partial charge in [0.1, 0.15) is 11.6 Å². The molecular weight excluding hydrogens is 269 g/mol. The maximum atomic E-state index is 13.1. The standard InChI is InChI=1S/C14H11F3N2O/c1-7-3-10(14(15,16)17)9-4-12-13(5-11(9)18-7)20-6-8(2)19-12/h3-7H,1-2H3. The highest BCUT2D eigenvalue weighted by Gasteiger charge is 2.37. The Morgan fingerprint density at radius 3 is 2.65 bits per heavy atom. The van der Waals surface area contributed by atoms with Gasteiger partial charge in [-0.05, 0) is 26.0 Å². The van der Waals surface area contributed by atoms with Gasteiger partial charge in [0, 0.05) is 11.6 Å². The highest BCUT2D eigenvalue weighted by Crippen LogP contribution is 2.34. The first kappa shape index (κ1) is 12.9. The van der Waals surface area contributed by atoms with Crippen LogP contribution >= 0.6 is 0 Å². The minimum atomic E-state index is -4.41. The Bertz CT molecular complexity index is 760. The summed E-state index contributed by atoms with van der Waals surface area (Å²) in [5, 5.41) is 0.679. The predicted molar refractivity (Wildman–Crippen MR) is 66.6 cm³/mol. The van der Waals surface area contributed by atoms with Crippen molar-refractivity contribution in [1.82, 2.24) is 0 Å². The highest BCUT2D eigenvalue weighted by molar-refractivity contribution is 5.71. The van der Waals surface area contributed by atoms with E-state index in [0.717, 1.165) is 6.08 Å². The van der Waals surface area contributed by atoms with Crippen LogP contribution < -0.4 is 15.5 Å². The van der Waals surface area contributed by atoms with Crippen molar-refractivity contribution in [2.45, 2.75) is 26.1 Å². The molecule has 2 heterocycles. The lowest BCUT2D eigenvalue weighted by Crippen LogP contribution is -2.28. The normalized spacial score (nSPS) is 20.6. The molecule has 1 aromatic carbocycles. The van der Waals surface area contributed by atoms with Gasteiger partial charge in [-0.15, -0.1) is 0 Å². The van der Waals surface area contributed by atoms with Crippen LogP contribution in [-0.2, 0) is 0 Å². The molecular formula is C14H11F3N2O. The number of hydrogen-bond acceptors (Lipinski definition) is 3. The molecule has 3 nitrogen and oxygen atoms in total. The van der Waals surface area contributed by atoms with Crippen LogP contribution in [0, 0.1) is 0 Å². The fourth-order valence-electron chi connectivity index (χ4n) is 2.26. The van der Waals surface area contributed by atoms with Crippen LogP contribution in [0.15, 0.2) is 40.2 Å². The molecule has 0 N–H and O–H groups in total. The number of alkyl halides is 3. The molecule has 1 aromatic rings. The minimum absolute atomic E-state index is 0.0522. The molecule has 0 spiro atoms. The second-order valence-electron chi connectivity index (χ2n) is 4.77. The molecule has 20 heavy (non-hydrogen) atoms. The molecule has 6 heteroatoms. The lowest BCUT2D eigenvalue weighted by atomic mass is 9.99. The van der Waals surface area contributed by atoms with Gasteiger partial charge in [0.25, 0.3) is 0 Å². The third kappa shape index (κ3) is 2.11. The van der Waals surface area contributed by atoms with E-state index in [-0.39, 0.29) is 10.9 Å². The lowest BCUT2D eigenvalue weighted by molar-refractivity contribution is -0.0693. The van der Waals surface area contributed by atoms with Gasteiger partial charge in [0.15, 0.2) is 5.75 Å². The molecule has 0 amide bonds. The van der Waals surface area contributed by atoms with Crippen LogP contribution in [0.25, 0.3) is 5.57 Å². The number of rotatable bonds is 0. The Morgan fingerprint density at radius 2 is 1.95 bits per heavy atom. The average molecular weight is 280 g/mol. The quantitative estimate of drug-likeness (QED) is 0.719. The molecule has 0 saturated carbocycles. The molecule has 1 atom stereocenters. The molecule has 0 aromatic heterocycles. The first-order valence-electron chi connectivity index (χ1n) is 6.08. The van der Waals surface area contributed by atoms with Crippen molar-refractivity contribution in [3.05, 3.63) is 46.4 Å². The largest absolute Gasteiger partial charge is 0.461 e. The Balaban J connectivity index is 2.29. The molecule has 0 radical (unpaired) electrons. The summed E-state index contributed by atoms with van der Waals surface area (Å²) >= 11 is 0. The SMILES string of the molecule is CC1=COc2cc3c(cc2=N1)C(C(F)(F)F)=CC(C)N=3. The van der Waals surface area contributed by atoms with Crippen molar-refractivity contribution in [1.29, 1.82) is 0 Å². The van der Waals surface area contributed by atoms with Crippen molar-refractivity contribution >= 4 is 5.57 Å². The first-order chi connectivity index (χ1) is 9.34. The van der Waals surface area contributed by atoms with Crippen LogP contribution in [0.5, 0.6) is 5.75 Å². The van der Waals surface area contributed by atoms with Crippen molar-refractivity contribution in [2.24, 2.45) is 9.98 Å². The molecule has 1 unspecified atom stereocenters. The second kappa shape index (κ2) is 4.19. The van der Waals surface area contributed by atoms with E-state index in [1.807, 2.05) is 0 Å². The number of ether oxygens (including phenoxy) is 1. The van der Waals surface area contributed by atoms with Gasteiger partial charge in [-0.3, -0.25) is 4.99 Å². The molecule has 0 bridgehead atoms. The van der Waals surface area contributed by atoms with E-state index in [1.54, 1.807) is 13.8 Å². The highest BCUT2D eigenvalue weighted by atomic mass is 19.4. The van der Waals surface area contributed by atoms with Gasteiger partial charge in [0.2, 0.25) is 0 Å². The number of fused-ring (bicyclic) bond motifs is 2. The van der Waals surface area contributed by atoms with Crippen LogP contribution in [-0.4, -0.2) is 12.2 Å². The summed E-state index contributed by atoms with van der Waals surface area (Å²) in [5.41, 5.74) is -0.00675. The summed E-state index contributed by atoms with van der Waals surface area (Å²) in [6, 6.07) is 2.37. The van der Waals surface area contributed by atoms with E-state index < -0.39 is 17.8 Å². The number of hydrogen-bond donors (Lipinski definition) is 0. The zero-order valence-corrected chi connectivity index (χ0v) is 10.8. The molecule has 104 valence electrons. The summed E-state index contributed by atoms with van der Waals surface area (Å²) in [6.45, 7) is 3.33. The number of nitrogens with zero attached hydrogens (tertiary/aromatic N) is 2. The van der Waals surface area contributed by atoms with Crippen LogP contribution in [0.4, 0.5) is 13.2 Å². The molecule has 3 rings (SSSR count). The summed E-state index contributed by atoms with van der Waals surface area (Å²) in [5.74, 6) is 0.425. The van der Waals surface area contributed by atoms with E-state index in [2.05, 4.69) is 9.98 Å². The van der Waals surface area contributed by atoms with Gasteiger partial charge in [-0.1, -0.05) is 0 Å². The van der Waals surface area contributed by atoms with Gasteiger partial charge in [-0.2, -0.15) is 13.2 Å². The smallest absolute Gasteiger partial charge is 0.416 e. The molecule has 2 aliphatic heterocycles. The molecule has 0 aliphatic carbocycles. The second-order valence-corrected chi connectivity index (χ2v) is 4.77. The van der Waals surface area contributed by atoms with E-state index in [1.165, 1.54) is 18.4 Å².